The first kappa shape index (κ1) is 17.9. The van der Waals surface area contributed by atoms with Crippen LogP contribution in [0.5, 0.6) is 17.2 Å². The number of aryl methyl sites for hydroxylation is 1. The van der Waals surface area contributed by atoms with Crippen molar-refractivity contribution in [3.05, 3.63) is 59.9 Å². The third-order valence-corrected chi connectivity index (χ3v) is 4.34. The summed E-state index contributed by atoms with van der Waals surface area (Å²) in [6.45, 7) is 2.89. The molecule has 7 heteroatoms. The molecule has 7 nitrogen and oxygen atoms in total. The highest BCUT2D eigenvalue weighted by atomic mass is 16.7. The molecule has 0 saturated heterocycles. The zero-order chi connectivity index (χ0) is 19.3. The topological polar surface area (TPSA) is 77.5 Å². The lowest BCUT2D eigenvalue weighted by atomic mass is 10.1. The van der Waals surface area contributed by atoms with E-state index in [1.54, 1.807) is 7.11 Å². The van der Waals surface area contributed by atoms with Crippen LogP contribution in [0.4, 0.5) is 17.3 Å². The van der Waals surface area contributed by atoms with Crippen LogP contribution in [-0.2, 0) is 6.42 Å². The van der Waals surface area contributed by atoms with Crippen LogP contribution < -0.4 is 24.8 Å². The lowest BCUT2D eigenvalue weighted by Gasteiger charge is -2.11. The van der Waals surface area contributed by atoms with Crippen LogP contribution in [0.15, 0.2) is 48.5 Å². The van der Waals surface area contributed by atoms with Gasteiger partial charge in [-0.3, -0.25) is 0 Å². The van der Waals surface area contributed by atoms with Crippen LogP contribution in [0.25, 0.3) is 0 Å². The second kappa shape index (κ2) is 8.04. The number of methoxy groups -OCH3 is 1. The molecule has 28 heavy (non-hydrogen) atoms. The SMILES string of the molecule is COc1cccc(CCNc2cc(Nc3ccc4c(c3)OCO4)nc(C)n2)c1. The Morgan fingerprint density at radius 1 is 1.00 bits per heavy atom. The fraction of sp³-hybridized carbons (Fsp3) is 0.238. The van der Waals surface area contributed by atoms with Gasteiger partial charge in [-0.05, 0) is 43.2 Å². The first-order valence-electron chi connectivity index (χ1n) is 9.09. The second-order valence-electron chi connectivity index (χ2n) is 6.41. The summed E-state index contributed by atoms with van der Waals surface area (Å²) in [5.41, 5.74) is 2.08. The molecule has 144 valence electrons. The molecule has 4 rings (SSSR count). The number of hydrogen-bond acceptors (Lipinski definition) is 7. The molecule has 2 aromatic carbocycles. The number of ether oxygens (including phenoxy) is 3. The Bertz CT molecular complexity index is 978. The third-order valence-electron chi connectivity index (χ3n) is 4.34. The number of fused-ring (bicyclic) bond motifs is 1. The van der Waals surface area contributed by atoms with Crippen molar-refractivity contribution in [2.45, 2.75) is 13.3 Å². The van der Waals surface area contributed by atoms with E-state index in [1.807, 2.05) is 49.4 Å². The Balaban J connectivity index is 1.40. The molecule has 3 aromatic rings. The zero-order valence-corrected chi connectivity index (χ0v) is 15.9. The van der Waals surface area contributed by atoms with Gasteiger partial charge in [0, 0.05) is 24.4 Å². The molecule has 1 aromatic heterocycles. The molecule has 1 aliphatic heterocycles. The van der Waals surface area contributed by atoms with Crippen LogP contribution in [0.1, 0.15) is 11.4 Å². The Morgan fingerprint density at radius 2 is 1.86 bits per heavy atom. The maximum absolute atomic E-state index is 5.42. The van der Waals surface area contributed by atoms with Gasteiger partial charge >= 0.3 is 0 Å². The summed E-state index contributed by atoms with van der Waals surface area (Å²) >= 11 is 0. The summed E-state index contributed by atoms with van der Waals surface area (Å²) in [5, 5.41) is 6.66. The molecule has 0 radical (unpaired) electrons. The zero-order valence-electron chi connectivity index (χ0n) is 15.9. The van der Waals surface area contributed by atoms with Gasteiger partial charge in [0.15, 0.2) is 11.5 Å². The highest BCUT2D eigenvalue weighted by Gasteiger charge is 2.13. The predicted octanol–water partition coefficient (Wildman–Crippen LogP) is 3.92. The van der Waals surface area contributed by atoms with E-state index in [9.17, 15) is 0 Å². The van der Waals surface area contributed by atoms with Crippen molar-refractivity contribution in [1.82, 2.24) is 9.97 Å². The minimum absolute atomic E-state index is 0.257. The van der Waals surface area contributed by atoms with Gasteiger partial charge in [-0.15, -0.1) is 0 Å². The van der Waals surface area contributed by atoms with Crippen molar-refractivity contribution in [3.8, 4) is 17.2 Å². The average Bonchev–Trinajstić information content (AvgIpc) is 3.15. The van der Waals surface area contributed by atoms with Gasteiger partial charge in [0.2, 0.25) is 6.79 Å². The van der Waals surface area contributed by atoms with Gasteiger partial charge in [-0.2, -0.15) is 0 Å². The van der Waals surface area contributed by atoms with E-state index in [-0.39, 0.29) is 6.79 Å². The largest absolute Gasteiger partial charge is 0.497 e. The number of aromatic nitrogens is 2. The lowest BCUT2D eigenvalue weighted by Crippen LogP contribution is -2.08. The number of hydrogen-bond donors (Lipinski definition) is 2. The molecule has 0 aliphatic carbocycles. The van der Waals surface area contributed by atoms with Crippen molar-refractivity contribution in [3.63, 3.8) is 0 Å². The van der Waals surface area contributed by atoms with E-state index in [2.05, 4.69) is 26.7 Å². The van der Waals surface area contributed by atoms with E-state index in [1.165, 1.54) is 5.56 Å². The summed E-state index contributed by atoms with van der Waals surface area (Å²) in [7, 11) is 1.68. The van der Waals surface area contributed by atoms with Crippen molar-refractivity contribution < 1.29 is 14.2 Å². The maximum Gasteiger partial charge on any atom is 0.231 e. The smallest absolute Gasteiger partial charge is 0.231 e. The van der Waals surface area contributed by atoms with Crippen LogP contribution in [0.2, 0.25) is 0 Å². The minimum Gasteiger partial charge on any atom is -0.497 e. The quantitative estimate of drug-likeness (QED) is 0.645. The number of benzene rings is 2. The number of anilines is 3. The standard InChI is InChI=1S/C21H22N4O3/c1-14-23-20(22-9-8-15-4-3-5-17(10-15)26-2)12-21(24-14)25-16-6-7-18-19(11-16)28-13-27-18/h3-7,10-12H,8-9,13H2,1-2H3,(H2,22,23,24,25). The fourth-order valence-corrected chi connectivity index (χ4v) is 3.01. The first-order chi connectivity index (χ1) is 13.7. The van der Waals surface area contributed by atoms with Crippen LogP contribution in [0, 0.1) is 6.92 Å². The van der Waals surface area contributed by atoms with Crippen LogP contribution in [0.3, 0.4) is 0 Å². The van der Waals surface area contributed by atoms with Crippen LogP contribution in [-0.4, -0.2) is 30.4 Å². The molecule has 2 heterocycles. The molecule has 0 fully saturated rings. The van der Waals surface area contributed by atoms with Crippen molar-refractivity contribution in [2.75, 3.05) is 31.1 Å². The molecular formula is C21H22N4O3. The molecular weight excluding hydrogens is 356 g/mol. The Kier molecular flexibility index (Phi) is 5.14. The summed E-state index contributed by atoms with van der Waals surface area (Å²) in [5.74, 6) is 4.53. The van der Waals surface area contributed by atoms with Crippen molar-refractivity contribution >= 4 is 17.3 Å². The van der Waals surface area contributed by atoms with Gasteiger partial charge in [-0.25, -0.2) is 9.97 Å². The monoisotopic (exact) mass is 378 g/mol. The molecule has 0 amide bonds. The second-order valence-corrected chi connectivity index (χ2v) is 6.41. The van der Waals surface area contributed by atoms with E-state index >= 15 is 0 Å². The number of nitrogens with one attached hydrogen (secondary N) is 2. The van der Waals surface area contributed by atoms with Crippen molar-refractivity contribution in [2.24, 2.45) is 0 Å². The van der Waals surface area contributed by atoms with Gasteiger partial charge in [0.25, 0.3) is 0 Å². The summed E-state index contributed by atoms with van der Waals surface area (Å²) < 4.78 is 16.0. The Morgan fingerprint density at radius 3 is 2.75 bits per heavy atom. The number of nitrogens with zero attached hydrogens (tertiary/aromatic N) is 2. The third kappa shape index (κ3) is 4.25. The van der Waals surface area contributed by atoms with E-state index in [4.69, 9.17) is 14.2 Å². The number of rotatable bonds is 7. The molecule has 0 spiro atoms. The Labute approximate surface area is 163 Å². The molecule has 0 bridgehead atoms. The summed E-state index contributed by atoms with van der Waals surface area (Å²) in [6.07, 6.45) is 0.866. The minimum atomic E-state index is 0.257. The van der Waals surface area contributed by atoms with E-state index < -0.39 is 0 Å². The van der Waals surface area contributed by atoms with E-state index in [0.717, 1.165) is 47.5 Å². The predicted molar refractivity (Wildman–Crippen MR) is 108 cm³/mol. The normalized spacial score (nSPS) is 11.9. The molecule has 1 aliphatic rings. The molecule has 0 saturated carbocycles. The highest BCUT2D eigenvalue weighted by Crippen LogP contribution is 2.35. The molecule has 0 atom stereocenters. The van der Waals surface area contributed by atoms with Gasteiger partial charge in [-0.1, -0.05) is 12.1 Å². The van der Waals surface area contributed by atoms with Crippen LogP contribution >= 0.6 is 0 Å². The van der Waals surface area contributed by atoms with E-state index in [0.29, 0.717) is 5.82 Å². The first-order valence-corrected chi connectivity index (χ1v) is 9.09. The fourth-order valence-electron chi connectivity index (χ4n) is 3.01. The maximum atomic E-state index is 5.42. The van der Waals surface area contributed by atoms with Gasteiger partial charge in [0.1, 0.15) is 23.2 Å². The highest BCUT2D eigenvalue weighted by molar-refractivity contribution is 5.63. The summed E-state index contributed by atoms with van der Waals surface area (Å²) in [6, 6.07) is 15.7. The summed E-state index contributed by atoms with van der Waals surface area (Å²) in [4.78, 5) is 8.93. The van der Waals surface area contributed by atoms with Gasteiger partial charge < -0.3 is 24.8 Å². The molecule has 0 unspecified atom stereocenters. The van der Waals surface area contributed by atoms with Crippen molar-refractivity contribution in [1.29, 1.82) is 0 Å². The molecule has 2 N–H and O–H groups in total. The van der Waals surface area contributed by atoms with Gasteiger partial charge in [0.05, 0.1) is 7.11 Å². The lowest BCUT2D eigenvalue weighted by molar-refractivity contribution is 0.174. The Hall–Kier alpha value is -3.48. The average molecular weight is 378 g/mol.